The highest BCUT2D eigenvalue weighted by molar-refractivity contribution is 5.93. The molecule has 0 unspecified atom stereocenters. The predicted molar refractivity (Wildman–Crippen MR) is 107 cm³/mol. The van der Waals surface area contributed by atoms with E-state index in [2.05, 4.69) is 27.4 Å². The Bertz CT molecular complexity index is 601. The average Bonchev–Trinajstić information content (AvgIpc) is 2.68. The van der Waals surface area contributed by atoms with Crippen molar-refractivity contribution in [2.24, 2.45) is 0 Å². The van der Waals surface area contributed by atoms with Gasteiger partial charge in [-0.3, -0.25) is 0 Å². The van der Waals surface area contributed by atoms with Crippen molar-refractivity contribution in [1.29, 1.82) is 0 Å². The standard InChI is InChI=1S/C8H10O5.C7H12O2.C5H8O2/c1-2-13-8(12)6(5-9)3-4-7(10)11;1-3-5-6-9-7(8)4-2;1-4(2)5(6)7-3/h3-5,9H,2H2,1H3,(H,10,11);4H,2-3,5-6H2,1H3;1H2,2-3H3. The molecule has 0 atom stereocenters. The summed E-state index contributed by atoms with van der Waals surface area (Å²) in [4.78, 5) is 41.5. The molecular weight excluding hydrogens is 384 g/mol. The van der Waals surface area contributed by atoms with Gasteiger partial charge in [0.1, 0.15) is 0 Å². The van der Waals surface area contributed by atoms with Crippen LogP contribution in [0.3, 0.4) is 0 Å². The number of ether oxygens (including phenoxy) is 3. The third-order valence-corrected chi connectivity index (χ3v) is 2.50. The molecule has 0 radical (unpaired) electrons. The molecule has 9 nitrogen and oxygen atoms in total. The van der Waals surface area contributed by atoms with E-state index in [1.807, 2.05) is 6.92 Å². The summed E-state index contributed by atoms with van der Waals surface area (Å²) in [5.41, 5.74) is 0.228. The largest absolute Gasteiger partial charge is 0.515 e. The van der Waals surface area contributed by atoms with E-state index >= 15 is 0 Å². The molecule has 2 N–H and O–H groups in total. The molecule has 0 bridgehead atoms. The van der Waals surface area contributed by atoms with Crippen molar-refractivity contribution in [2.75, 3.05) is 20.3 Å². The Morgan fingerprint density at radius 2 is 1.62 bits per heavy atom. The van der Waals surface area contributed by atoms with Crippen LogP contribution in [0.15, 0.2) is 48.8 Å². The Balaban J connectivity index is -0.000000370. The van der Waals surface area contributed by atoms with Crippen LogP contribution < -0.4 is 0 Å². The topological polar surface area (TPSA) is 136 Å². The second-order valence-corrected chi connectivity index (χ2v) is 4.97. The van der Waals surface area contributed by atoms with Gasteiger partial charge < -0.3 is 24.4 Å². The summed E-state index contributed by atoms with van der Waals surface area (Å²) in [6, 6.07) is 0. The van der Waals surface area contributed by atoms with E-state index in [1.165, 1.54) is 13.2 Å². The number of carbonyl (C=O) groups is 4. The number of aliphatic hydroxyl groups excluding tert-OH is 1. The lowest BCUT2D eigenvalue weighted by Crippen LogP contribution is -2.06. The minimum atomic E-state index is -1.20. The molecular formula is C20H30O9. The summed E-state index contributed by atoms with van der Waals surface area (Å²) in [5, 5.41) is 16.8. The highest BCUT2D eigenvalue weighted by atomic mass is 16.5. The van der Waals surface area contributed by atoms with Crippen molar-refractivity contribution >= 4 is 23.9 Å². The SMILES string of the molecule is C=C(C)C(=O)OC.C=CC(=O)OCCCC.CCOC(=O)C(C=CC(=O)O)=CO. The van der Waals surface area contributed by atoms with Gasteiger partial charge in [-0.05, 0) is 26.3 Å². The minimum Gasteiger partial charge on any atom is -0.515 e. The van der Waals surface area contributed by atoms with Crippen molar-refractivity contribution in [3.63, 3.8) is 0 Å². The van der Waals surface area contributed by atoms with Crippen molar-refractivity contribution in [2.45, 2.75) is 33.6 Å². The number of hydrogen-bond acceptors (Lipinski definition) is 8. The number of aliphatic hydroxyl groups is 1. The van der Waals surface area contributed by atoms with Gasteiger partial charge in [0, 0.05) is 17.7 Å². The zero-order valence-electron chi connectivity index (χ0n) is 17.3. The molecule has 0 aromatic rings. The van der Waals surface area contributed by atoms with Crippen LogP contribution in [-0.4, -0.2) is 54.4 Å². The molecule has 164 valence electrons. The molecule has 0 aromatic carbocycles. The van der Waals surface area contributed by atoms with E-state index in [1.54, 1.807) is 13.8 Å². The van der Waals surface area contributed by atoms with Crippen LogP contribution in [0, 0.1) is 0 Å². The minimum absolute atomic E-state index is 0.164. The maximum absolute atomic E-state index is 10.9. The molecule has 9 heteroatoms. The number of carbonyl (C=O) groups excluding carboxylic acids is 3. The molecule has 0 aliphatic carbocycles. The van der Waals surface area contributed by atoms with Gasteiger partial charge in [-0.1, -0.05) is 26.5 Å². The predicted octanol–water partition coefficient (Wildman–Crippen LogP) is 2.88. The summed E-state index contributed by atoms with van der Waals surface area (Å²) < 4.78 is 13.5. The van der Waals surface area contributed by atoms with Gasteiger partial charge in [0.2, 0.25) is 0 Å². The second kappa shape index (κ2) is 20.9. The van der Waals surface area contributed by atoms with Crippen LogP contribution in [0.5, 0.6) is 0 Å². The van der Waals surface area contributed by atoms with E-state index in [0.717, 1.165) is 25.0 Å². The first-order valence-corrected chi connectivity index (χ1v) is 8.56. The van der Waals surface area contributed by atoms with Gasteiger partial charge in [0.25, 0.3) is 0 Å². The van der Waals surface area contributed by atoms with E-state index in [4.69, 9.17) is 10.2 Å². The number of methoxy groups -OCH3 is 1. The van der Waals surface area contributed by atoms with E-state index < -0.39 is 11.9 Å². The van der Waals surface area contributed by atoms with Crippen LogP contribution in [0.2, 0.25) is 0 Å². The maximum atomic E-state index is 10.9. The van der Waals surface area contributed by atoms with Crippen molar-refractivity contribution < 1.29 is 43.6 Å². The molecule has 0 fully saturated rings. The third kappa shape index (κ3) is 22.6. The molecule has 0 saturated carbocycles. The Kier molecular flexibility index (Phi) is 21.9. The molecule has 0 saturated heterocycles. The first-order valence-electron chi connectivity index (χ1n) is 8.56. The Hall–Kier alpha value is -3.36. The molecule has 0 amide bonds. The summed E-state index contributed by atoms with van der Waals surface area (Å²) in [7, 11) is 1.33. The lowest BCUT2D eigenvalue weighted by Gasteiger charge is -1.99. The van der Waals surface area contributed by atoms with Gasteiger partial charge in [0.05, 0.1) is 32.2 Å². The molecule has 0 aliphatic heterocycles. The number of rotatable bonds is 9. The van der Waals surface area contributed by atoms with Crippen molar-refractivity contribution in [1.82, 2.24) is 0 Å². The van der Waals surface area contributed by atoms with Gasteiger partial charge in [-0.15, -0.1) is 0 Å². The highest BCUT2D eigenvalue weighted by Crippen LogP contribution is 1.99. The fourth-order valence-corrected chi connectivity index (χ4v) is 1.09. The molecule has 0 heterocycles. The van der Waals surface area contributed by atoms with E-state index in [9.17, 15) is 19.2 Å². The third-order valence-electron chi connectivity index (χ3n) is 2.50. The second-order valence-electron chi connectivity index (χ2n) is 4.97. The quantitative estimate of drug-likeness (QED) is 0.146. The first kappa shape index (κ1) is 30.4. The maximum Gasteiger partial charge on any atom is 0.341 e. The van der Waals surface area contributed by atoms with E-state index in [-0.39, 0.29) is 24.1 Å². The normalized spacial score (nSPS) is 9.72. The van der Waals surface area contributed by atoms with Crippen LogP contribution >= 0.6 is 0 Å². The lowest BCUT2D eigenvalue weighted by molar-refractivity contribution is -0.139. The number of hydrogen-bond donors (Lipinski definition) is 2. The number of aliphatic carboxylic acids is 1. The Labute approximate surface area is 171 Å². The summed E-state index contributed by atoms with van der Waals surface area (Å²) in [6.07, 6.45) is 5.34. The lowest BCUT2D eigenvalue weighted by atomic mass is 10.3. The molecule has 0 aromatic heterocycles. The summed E-state index contributed by atoms with van der Waals surface area (Å²) in [5.74, 6) is -2.64. The number of unbranched alkanes of at least 4 members (excludes halogenated alkanes) is 1. The Morgan fingerprint density at radius 3 is 1.93 bits per heavy atom. The number of esters is 3. The monoisotopic (exact) mass is 414 g/mol. The molecule has 29 heavy (non-hydrogen) atoms. The smallest absolute Gasteiger partial charge is 0.341 e. The number of carboxylic acids is 1. The van der Waals surface area contributed by atoms with Crippen LogP contribution in [0.4, 0.5) is 0 Å². The number of carboxylic acid groups (broad SMARTS) is 1. The molecule has 0 spiro atoms. The van der Waals surface area contributed by atoms with Gasteiger partial charge in [0.15, 0.2) is 0 Å². The first-order chi connectivity index (χ1) is 13.6. The average molecular weight is 414 g/mol. The zero-order valence-corrected chi connectivity index (χ0v) is 17.3. The Morgan fingerprint density at radius 1 is 1.03 bits per heavy atom. The fraction of sp³-hybridized carbons (Fsp3) is 0.400. The van der Waals surface area contributed by atoms with Crippen molar-refractivity contribution in [3.05, 3.63) is 48.8 Å². The molecule has 0 rings (SSSR count). The van der Waals surface area contributed by atoms with Gasteiger partial charge in [-0.25, -0.2) is 19.2 Å². The molecule has 0 aliphatic rings. The van der Waals surface area contributed by atoms with E-state index in [0.29, 0.717) is 18.4 Å². The van der Waals surface area contributed by atoms with Gasteiger partial charge in [-0.2, -0.15) is 0 Å². The van der Waals surface area contributed by atoms with Crippen LogP contribution in [0.1, 0.15) is 33.6 Å². The van der Waals surface area contributed by atoms with Gasteiger partial charge >= 0.3 is 23.9 Å². The zero-order chi connectivity index (χ0) is 23.2. The van der Waals surface area contributed by atoms with Crippen LogP contribution in [-0.2, 0) is 33.4 Å². The summed E-state index contributed by atoms with van der Waals surface area (Å²) in [6.45, 7) is 12.5. The van der Waals surface area contributed by atoms with Crippen LogP contribution in [0.25, 0.3) is 0 Å². The summed E-state index contributed by atoms with van der Waals surface area (Å²) >= 11 is 0. The highest BCUT2D eigenvalue weighted by Gasteiger charge is 2.06. The fourth-order valence-electron chi connectivity index (χ4n) is 1.09. The van der Waals surface area contributed by atoms with Crippen molar-refractivity contribution in [3.8, 4) is 0 Å².